The maximum Gasteiger partial charge on any atom is 0.246 e. The molecule has 0 aromatic heterocycles. The van der Waals surface area contributed by atoms with E-state index in [1.54, 1.807) is 42.7 Å². The van der Waals surface area contributed by atoms with Gasteiger partial charge in [-0.05, 0) is 198 Å². The Hall–Kier alpha value is -5.82. The highest BCUT2D eigenvalue weighted by molar-refractivity contribution is 7.80. The van der Waals surface area contributed by atoms with Crippen LogP contribution in [0.5, 0.6) is 57.5 Å². The average Bonchev–Trinajstić information content (AvgIpc) is 3.77. The lowest BCUT2D eigenvalue weighted by atomic mass is 10.0. The summed E-state index contributed by atoms with van der Waals surface area (Å²) in [5, 5.41) is 6.36. The molecule has 0 radical (unpaired) electrons. The average molecular weight is 959 g/mol. The molecular formula is C56H64O10P2. The fourth-order valence-electron chi connectivity index (χ4n) is 10.1. The van der Waals surface area contributed by atoms with E-state index in [4.69, 9.17) is 47.4 Å². The molecule has 0 fully saturated rings. The minimum absolute atomic E-state index is 0.501. The van der Waals surface area contributed by atoms with Crippen molar-refractivity contribution >= 4 is 47.7 Å². The van der Waals surface area contributed by atoms with Gasteiger partial charge in [-0.3, -0.25) is 0 Å². The van der Waals surface area contributed by atoms with Crippen molar-refractivity contribution in [1.29, 1.82) is 0 Å². The maximum absolute atomic E-state index is 7.12. The molecule has 2 heterocycles. The summed E-state index contributed by atoms with van der Waals surface area (Å²) in [7, 11) is 7.36. The Morgan fingerprint density at radius 2 is 0.544 bits per heavy atom. The maximum atomic E-state index is 7.12. The highest BCUT2D eigenvalue weighted by atomic mass is 31.1. The van der Waals surface area contributed by atoms with Gasteiger partial charge in [0.25, 0.3) is 0 Å². The zero-order valence-corrected chi connectivity index (χ0v) is 44.5. The SMILES string of the molecule is COc1cc(P(c2cc(C)c(OC)c(C)c2)c2cc(C)c(OC)c(C)c2)c(-c2c(P(c3cc(C)c(OC)c(C)c3)c3cc(C)c(OC)c(C)c3)cc(OC)c3c2OC(C)(C)O3)c2c1OC(C)(C)O2. The van der Waals surface area contributed by atoms with E-state index >= 15 is 0 Å². The summed E-state index contributed by atoms with van der Waals surface area (Å²) >= 11 is 0. The van der Waals surface area contributed by atoms with Crippen LogP contribution in [0.15, 0.2) is 60.7 Å². The first kappa shape index (κ1) is 48.6. The smallest absolute Gasteiger partial charge is 0.246 e. The number of hydrogen-bond donors (Lipinski definition) is 0. The van der Waals surface area contributed by atoms with Crippen LogP contribution < -0.4 is 79.2 Å². The summed E-state index contributed by atoms with van der Waals surface area (Å²) in [6.07, 6.45) is 0. The summed E-state index contributed by atoms with van der Waals surface area (Å²) in [6.45, 7) is 24.5. The van der Waals surface area contributed by atoms with Crippen LogP contribution in [0.25, 0.3) is 11.1 Å². The molecule has 0 atom stereocenters. The fraction of sp³-hybridized carbons (Fsp3) is 0.357. The molecule has 0 unspecified atom stereocenters. The van der Waals surface area contributed by atoms with E-state index in [1.165, 1.54) is 0 Å². The van der Waals surface area contributed by atoms with Crippen LogP contribution >= 0.6 is 15.8 Å². The third-order valence-corrected chi connectivity index (χ3v) is 17.3. The lowest BCUT2D eigenvalue weighted by molar-refractivity contribution is -0.0449. The number of rotatable bonds is 13. The molecule has 358 valence electrons. The van der Waals surface area contributed by atoms with Crippen LogP contribution in [0.1, 0.15) is 72.2 Å². The molecule has 6 aromatic rings. The minimum atomic E-state index is -1.45. The first-order valence-electron chi connectivity index (χ1n) is 22.7. The Morgan fingerprint density at radius 3 is 0.750 bits per heavy atom. The third-order valence-electron chi connectivity index (χ3n) is 12.6. The van der Waals surface area contributed by atoms with Crippen molar-refractivity contribution < 1.29 is 47.4 Å². The van der Waals surface area contributed by atoms with Gasteiger partial charge in [0.15, 0.2) is 23.0 Å². The van der Waals surface area contributed by atoms with Gasteiger partial charge in [0.05, 0.1) is 42.7 Å². The van der Waals surface area contributed by atoms with Gasteiger partial charge in [0.2, 0.25) is 23.1 Å². The van der Waals surface area contributed by atoms with Crippen molar-refractivity contribution in [3.63, 3.8) is 0 Å². The van der Waals surface area contributed by atoms with Crippen molar-refractivity contribution in [2.45, 2.75) is 94.7 Å². The van der Waals surface area contributed by atoms with Crippen molar-refractivity contribution in [3.8, 4) is 68.6 Å². The van der Waals surface area contributed by atoms with Crippen molar-refractivity contribution in [2.75, 3.05) is 42.7 Å². The van der Waals surface area contributed by atoms with Gasteiger partial charge >= 0.3 is 0 Å². The molecule has 6 aromatic carbocycles. The second-order valence-electron chi connectivity index (χ2n) is 18.6. The van der Waals surface area contributed by atoms with Crippen LogP contribution in [0, 0.1) is 55.4 Å². The Morgan fingerprint density at radius 1 is 0.324 bits per heavy atom. The number of aryl methyl sites for hydroxylation is 8. The van der Waals surface area contributed by atoms with E-state index in [2.05, 4.69) is 116 Å². The Labute approximate surface area is 404 Å². The highest BCUT2D eigenvalue weighted by Gasteiger charge is 2.45. The monoisotopic (exact) mass is 958 g/mol. The molecule has 2 aliphatic rings. The van der Waals surface area contributed by atoms with Crippen molar-refractivity contribution in [3.05, 3.63) is 105 Å². The van der Waals surface area contributed by atoms with E-state index in [0.29, 0.717) is 34.5 Å². The second-order valence-corrected chi connectivity index (χ2v) is 23.0. The van der Waals surface area contributed by atoms with Gasteiger partial charge in [-0.1, -0.05) is 0 Å². The topological polar surface area (TPSA) is 92.3 Å². The predicted octanol–water partition coefficient (Wildman–Crippen LogP) is 10.4. The lowest BCUT2D eigenvalue weighted by Gasteiger charge is -2.30. The van der Waals surface area contributed by atoms with Crippen LogP contribution in [0.3, 0.4) is 0 Å². The summed E-state index contributed by atoms with van der Waals surface area (Å²) in [4.78, 5) is 0. The normalized spacial score (nSPS) is 14.1. The number of methoxy groups -OCH3 is 6. The molecule has 0 bridgehead atoms. The quantitative estimate of drug-likeness (QED) is 0.104. The van der Waals surface area contributed by atoms with Gasteiger partial charge in [0, 0.05) is 49.4 Å². The molecule has 0 saturated heterocycles. The molecule has 2 aliphatic heterocycles. The first-order valence-corrected chi connectivity index (χ1v) is 25.4. The number of hydrogen-bond acceptors (Lipinski definition) is 10. The standard InChI is InChI=1S/C56H64O10P2/c1-29-19-37(20-30(2)47(29)59-15)67(38-21-31(3)48(60-16)32(4)22-38)43-27-41(57-13)51-53(65-55(9,10)63-51)45(43)46-44(28-42(58-14)52-54(46)66-56(11,12)64-52)68(39-23-33(5)49(61-17)34(6)24-39)40-25-35(7)50(62-18)36(8)26-40/h19-28H,1-18H3. The summed E-state index contributed by atoms with van der Waals surface area (Å²) in [5.41, 5.74) is 9.81. The van der Waals surface area contributed by atoms with E-state index in [-0.39, 0.29) is 0 Å². The van der Waals surface area contributed by atoms with Gasteiger partial charge in [0.1, 0.15) is 23.0 Å². The minimum Gasteiger partial charge on any atom is -0.496 e. The zero-order valence-electron chi connectivity index (χ0n) is 42.8. The summed E-state index contributed by atoms with van der Waals surface area (Å²) < 4.78 is 64.2. The summed E-state index contributed by atoms with van der Waals surface area (Å²) in [6, 6.07) is 22.3. The van der Waals surface area contributed by atoms with E-state index < -0.39 is 27.4 Å². The molecule has 0 N–H and O–H groups in total. The van der Waals surface area contributed by atoms with Crippen LogP contribution in [0.2, 0.25) is 0 Å². The largest absolute Gasteiger partial charge is 0.496 e. The second kappa shape index (κ2) is 18.3. The third kappa shape index (κ3) is 8.42. The molecule has 8 rings (SSSR count). The Kier molecular flexibility index (Phi) is 13.1. The fourth-order valence-corrected chi connectivity index (χ4v) is 15.8. The molecule has 68 heavy (non-hydrogen) atoms. The molecule has 10 nitrogen and oxygen atoms in total. The Bertz CT molecular complexity index is 2580. The highest BCUT2D eigenvalue weighted by Crippen LogP contribution is 2.60. The lowest BCUT2D eigenvalue weighted by Crippen LogP contribution is -2.31. The molecular weight excluding hydrogens is 895 g/mol. The van der Waals surface area contributed by atoms with Gasteiger partial charge in [-0.2, -0.15) is 0 Å². The molecule has 0 aliphatic carbocycles. The summed E-state index contributed by atoms with van der Waals surface area (Å²) in [5.74, 6) is 4.46. The zero-order chi connectivity index (χ0) is 49.3. The van der Waals surface area contributed by atoms with Crippen LogP contribution in [-0.4, -0.2) is 54.2 Å². The molecule has 12 heteroatoms. The number of benzene rings is 6. The van der Waals surface area contributed by atoms with E-state index in [1.807, 2.05) is 27.7 Å². The molecule has 0 amide bonds. The van der Waals surface area contributed by atoms with Crippen molar-refractivity contribution in [2.24, 2.45) is 0 Å². The number of fused-ring (bicyclic) bond motifs is 2. The van der Waals surface area contributed by atoms with Crippen molar-refractivity contribution in [1.82, 2.24) is 0 Å². The van der Waals surface area contributed by atoms with Gasteiger partial charge < -0.3 is 47.4 Å². The molecule has 0 saturated carbocycles. The van der Waals surface area contributed by atoms with E-state index in [0.717, 1.165) is 110 Å². The molecule has 0 spiro atoms. The predicted molar refractivity (Wildman–Crippen MR) is 277 cm³/mol. The van der Waals surface area contributed by atoms with Gasteiger partial charge in [-0.15, -0.1) is 0 Å². The number of ether oxygens (including phenoxy) is 10. The van der Waals surface area contributed by atoms with Crippen LogP contribution in [0.4, 0.5) is 0 Å². The van der Waals surface area contributed by atoms with Crippen LogP contribution in [-0.2, 0) is 0 Å². The first-order chi connectivity index (χ1) is 32.2. The van der Waals surface area contributed by atoms with Gasteiger partial charge in [-0.25, -0.2) is 0 Å². The Balaban J connectivity index is 1.62. The van der Waals surface area contributed by atoms with E-state index in [9.17, 15) is 0 Å².